The lowest BCUT2D eigenvalue weighted by atomic mass is 10.1. The minimum absolute atomic E-state index is 0.191. The SMILES string of the molecule is Cc1ccc(NC(=O)c2ccc(-c3cn[nH]c3)cn2)c(=O)[nH]1. The molecule has 7 nitrogen and oxygen atoms in total. The van der Waals surface area contributed by atoms with E-state index in [4.69, 9.17) is 0 Å². The molecule has 3 heterocycles. The molecule has 0 aliphatic heterocycles. The van der Waals surface area contributed by atoms with Gasteiger partial charge in [0.15, 0.2) is 0 Å². The van der Waals surface area contributed by atoms with Gasteiger partial charge in [0.05, 0.1) is 6.20 Å². The smallest absolute Gasteiger partial charge is 0.274 e. The van der Waals surface area contributed by atoms with Gasteiger partial charge in [0, 0.05) is 29.2 Å². The molecular weight excluding hydrogens is 282 g/mol. The monoisotopic (exact) mass is 295 g/mol. The molecule has 0 aromatic carbocycles. The van der Waals surface area contributed by atoms with E-state index in [0.29, 0.717) is 0 Å². The van der Waals surface area contributed by atoms with Gasteiger partial charge in [-0.2, -0.15) is 5.10 Å². The van der Waals surface area contributed by atoms with Crippen LogP contribution in [0.2, 0.25) is 0 Å². The predicted octanol–water partition coefficient (Wildman–Crippen LogP) is 1.72. The maximum absolute atomic E-state index is 12.1. The molecule has 3 aromatic heterocycles. The average molecular weight is 295 g/mol. The highest BCUT2D eigenvalue weighted by atomic mass is 16.2. The molecule has 110 valence electrons. The molecule has 3 N–H and O–H groups in total. The lowest BCUT2D eigenvalue weighted by molar-refractivity contribution is 0.102. The molecule has 0 aliphatic rings. The normalized spacial score (nSPS) is 10.4. The number of rotatable bonds is 3. The number of anilines is 1. The summed E-state index contributed by atoms with van der Waals surface area (Å²) in [5, 5.41) is 9.12. The Hall–Kier alpha value is -3.22. The molecule has 0 radical (unpaired) electrons. The van der Waals surface area contributed by atoms with Crippen LogP contribution in [0.15, 0.2) is 47.7 Å². The number of hydrogen-bond acceptors (Lipinski definition) is 4. The molecule has 3 rings (SSSR count). The molecule has 0 aliphatic carbocycles. The van der Waals surface area contributed by atoms with Crippen LogP contribution in [0.3, 0.4) is 0 Å². The van der Waals surface area contributed by atoms with Gasteiger partial charge in [-0.15, -0.1) is 0 Å². The first-order valence-electron chi connectivity index (χ1n) is 6.60. The fourth-order valence-corrected chi connectivity index (χ4v) is 1.96. The molecule has 0 spiro atoms. The van der Waals surface area contributed by atoms with Gasteiger partial charge in [-0.3, -0.25) is 19.7 Å². The standard InChI is InChI=1S/C15H13N5O2/c1-9-2-4-13(15(22)19-9)20-14(21)12-5-3-10(6-16-12)11-7-17-18-8-11/h2-8H,1H3,(H,17,18)(H,19,22)(H,20,21). The van der Waals surface area contributed by atoms with Gasteiger partial charge in [-0.25, -0.2) is 0 Å². The van der Waals surface area contributed by atoms with Crippen LogP contribution in [0.1, 0.15) is 16.2 Å². The maximum atomic E-state index is 12.1. The second-order valence-corrected chi connectivity index (χ2v) is 4.76. The third-order valence-electron chi connectivity index (χ3n) is 3.13. The zero-order valence-electron chi connectivity index (χ0n) is 11.8. The Labute approximate surface area is 125 Å². The summed E-state index contributed by atoms with van der Waals surface area (Å²) in [5.41, 5.74) is 2.53. The first-order chi connectivity index (χ1) is 10.6. The van der Waals surface area contributed by atoms with Crippen molar-refractivity contribution in [1.29, 1.82) is 0 Å². The Morgan fingerprint density at radius 2 is 2.00 bits per heavy atom. The third kappa shape index (κ3) is 2.78. The fourth-order valence-electron chi connectivity index (χ4n) is 1.96. The molecule has 0 saturated carbocycles. The van der Waals surface area contributed by atoms with Crippen molar-refractivity contribution in [3.05, 3.63) is 64.6 Å². The van der Waals surface area contributed by atoms with Crippen molar-refractivity contribution >= 4 is 11.6 Å². The van der Waals surface area contributed by atoms with E-state index in [0.717, 1.165) is 16.8 Å². The highest BCUT2D eigenvalue weighted by Crippen LogP contribution is 2.16. The summed E-state index contributed by atoms with van der Waals surface area (Å²) >= 11 is 0. The Kier molecular flexibility index (Phi) is 3.53. The quantitative estimate of drug-likeness (QED) is 0.684. The summed E-state index contributed by atoms with van der Waals surface area (Å²) in [7, 11) is 0. The van der Waals surface area contributed by atoms with E-state index in [9.17, 15) is 9.59 Å². The van der Waals surface area contributed by atoms with Crippen molar-refractivity contribution in [2.45, 2.75) is 6.92 Å². The summed E-state index contributed by atoms with van der Waals surface area (Å²) in [6.45, 7) is 1.77. The topological polar surface area (TPSA) is 104 Å². The molecule has 22 heavy (non-hydrogen) atoms. The first kappa shape index (κ1) is 13.7. The average Bonchev–Trinajstić information content (AvgIpc) is 3.04. The Morgan fingerprint density at radius 1 is 1.14 bits per heavy atom. The molecule has 0 saturated heterocycles. The Morgan fingerprint density at radius 3 is 2.64 bits per heavy atom. The number of aromatic amines is 2. The molecular formula is C15H13N5O2. The number of aromatic nitrogens is 4. The number of nitrogens with zero attached hydrogens (tertiary/aromatic N) is 2. The summed E-state index contributed by atoms with van der Waals surface area (Å²) in [5.74, 6) is -0.437. The van der Waals surface area contributed by atoms with E-state index < -0.39 is 5.91 Å². The van der Waals surface area contributed by atoms with E-state index >= 15 is 0 Å². The third-order valence-corrected chi connectivity index (χ3v) is 3.13. The number of amides is 1. The van der Waals surface area contributed by atoms with Crippen LogP contribution in [0.4, 0.5) is 5.69 Å². The molecule has 1 amide bonds. The fraction of sp³-hybridized carbons (Fsp3) is 0.0667. The van der Waals surface area contributed by atoms with Gasteiger partial charge in [0.25, 0.3) is 11.5 Å². The summed E-state index contributed by atoms with van der Waals surface area (Å²) < 4.78 is 0. The zero-order chi connectivity index (χ0) is 15.5. The summed E-state index contributed by atoms with van der Waals surface area (Å²) in [4.78, 5) is 30.6. The van der Waals surface area contributed by atoms with Gasteiger partial charge in [-0.1, -0.05) is 6.07 Å². The van der Waals surface area contributed by atoms with Crippen molar-refractivity contribution in [3.63, 3.8) is 0 Å². The lowest BCUT2D eigenvalue weighted by Crippen LogP contribution is -2.20. The largest absolute Gasteiger partial charge is 0.325 e. The molecule has 0 bridgehead atoms. The van der Waals surface area contributed by atoms with Gasteiger partial charge in [0.2, 0.25) is 0 Å². The number of H-pyrrole nitrogens is 2. The summed E-state index contributed by atoms with van der Waals surface area (Å²) in [6, 6.07) is 6.64. The minimum Gasteiger partial charge on any atom is -0.325 e. The van der Waals surface area contributed by atoms with Crippen LogP contribution in [0, 0.1) is 6.92 Å². The van der Waals surface area contributed by atoms with Gasteiger partial charge < -0.3 is 10.3 Å². The van der Waals surface area contributed by atoms with Crippen LogP contribution in [-0.2, 0) is 0 Å². The van der Waals surface area contributed by atoms with Crippen molar-refractivity contribution < 1.29 is 4.79 Å². The maximum Gasteiger partial charge on any atom is 0.274 e. The van der Waals surface area contributed by atoms with Gasteiger partial charge >= 0.3 is 0 Å². The highest BCUT2D eigenvalue weighted by Gasteiger charge is 2.10. The highest BCUT2D eigenvalue weighted by molar-refractivity contribution is 6.02. The number of hydrogen-bond donors (Lipinski definition) is 3. The zero-order valence-corrected chi connectivity index (χ0v) is 11.8. The number of carbonyl (C=O) groups excluding carboxylic acids is 1. The lowest BCUT2D eigenvalue weighted by Gasteiger charge is -2.05. The number of aryl methyl sites for hydroxylation is 1. The second-order valence-electron chi connectivity index (χ2n) is 4.76. The van der Waals surface area contributed by atoms with Crippen molar-refractivity contribution in [2.24, 2.45) is 0 Å². The van der Waals surface area contributed by atoms with Crippen molar-refractivity contribution in [2.75, 3.05) is 5.32 Å². The van der Waals surface area contributed by atoms with Crippen molar-refractivity contribution in [3.8, 4) is 11.1 Å². The van der Waals surface area contributed by atoms with Crippen LogP contribution < -0.4 is 10.9 Å². The second kappa shape index (κ2) is 5.65. The molecule has 3 aromatic rings. The van der Waals surface area contributed by atoms with E-state index in [1.54, 1.807) is 49.8 Å². The molecule has 0 unspecified atom stereocenters. The van der Waals surface area contributed by atoms with E-state index in [2.05, 4.69) is 25.5 Å². The van der Waals surface area contributed by atoms with E-state index in [1.165, 1.54) is 0 Å². The number of nitrogens with one attached hydrogen (secondary N) is 3. The van der Waals surface area contributed by atoms with Crippen LogP contribution in [0.25, 0.3) is 11.1 Å². The first-order valence-corrected chi connectivity index (χ1v) is 6.60. The van der Waals surface area contributed by atoms with Crippen LogP contribution >= 0.6 is 0 Å². The number of pyridine rings is 2. The molecule has 7 heteroatoms. The van der Waals surface area contributed by atoms with Gasteiger partial charge in [0.1, 0.15) is 11.4 Å². The predicted molar refractivity (Wildman–Crippen MR) is 81.6 cm³/mol. The Balaban J connectivity index is 1.79. The van der Waals surface area contributed by atoms with E-state index in [-0.39, 0.29) is 16.9 Å². The van der Waals surface area contributed by atoms with Crippen LogP contribution in [0.5, 0.6) is 0 Å². The van der Waals surface area contributed by atoms with Gasteiger partial charge in [-0.05, 0) is 25.1 Å². The van der Waals surface area contributed by atoms with Crippen LogP contribution in [-0.4, -0.2) is 26.1 Å². The van der Waals surface area contributed by atoms with Crippen molar-refractivity contribution in [1.82, 2.24) is 20.2 Å². The molecule has 0 atom stereocenters. The van der Waals surface area contributed by atoms with E-state index in [1.807, 2.05) is 0 Å². The minimum atomic E-state index is -0.437. The Bertz CT molecular complexity index is 850. The molecule has 0 fully saturated rings. The summed E-state index contributed by atoms with van der Waals surface area (Å²) in [6.07, 6.45) is 4.99. The number of carbonyl (C=O) groups is 1.